The molecule has 0 radical (unpaired) electrons. The normalized spacial score (nSPS) is 23.4. The number of aryl methyl sites for hydroxylation is 1. The molecule has 3 aliphatic rings. The number of aromatic nitrogens is 1. The lowest BCUT2D eigenvalue weighted by Gasteiger charge is -2.46. The first-order valence-corrected chi connectivity index (χ1v) is 14.7. The van der Waals surface area contributed by atoms with Gasteiger partial charge in [0.1, 0.15) is 23.0 Å². The molecule has 1 saturated heterocycles. The summed E-state index contributed by atoms with van der Waals surface area (Å²) in [4.78, 5) is 31.5. The third-order valence-corrected chi connectivity index (χ3v) is 8.02. The van der Waals surface area contributed by atoms with Gasteiger partial charge in [-0.25, -0.2) is 9.98 Å². The van der Waals surface area contributed by atoms with Gasteiger partial charge in [0.05, 0.1) is 6.21 Å². The molecule has 2 fully saturated rings. The summed E-state index contributed by atoms with van der Waals surface area (Å²) in [5, 5.41) is 13.5. The number of nitrogens with one attached hydrogen (secondary N) is 3. The van der Waals surface area contributed by atoms with Crippen LogP contribution in [0, 0.1) is 6.92 Å². The minimum absolute atomic E-state index is 0.220. The van der Waals surface area contributed by atoms with Crippen LogP contribution in [0.15, 0.2) is 68.1 Å². The van der Waals surface area contributed by atoms with E-state index >= 15 is 0 Å². The van der Waals surface area contributed by atoms with Crippen LogP contribution in [-0.2, 0) is 5.41 Å². The Morgan fingerprint density at radius 3 is 2.58 bits per heavy atom. The molecule has 5 rings (SSSR count). The molecule has 2 aliphatic heterocycles. The molecule has 1 aromatic carbocycles. The number of carbonyl (C=O) groups is 1. The van der Waals surface area contributed by atoms with E-state index in [1.54, 1.807) is 24.4 Å². The van der Waals surface area contributed by atoms with Gasteiger partial charge in [-0.05, 0) is 44.5 Å². The van der Waals surface area contributed by atoms with Crippen LogP contribution in [0.5, 0.6) is 0 Å². The van der Waals surface area contributed by atoms with Crippen molar-refractivity contribution < 1.29 is 9.32 Å². The first kappa shape index (κ1) is 30.2. The van der Waals surface area contributed by atoms with Crippen molar-refractivity contribution in [1.82, 2.24) is 20.3 Å². The molecular weight excluding hydrogens is 544 g/mol. The summed E-state index contributed by atoms with van der Waals surface area (Å²) in [6.45, 7) is 16.1. The van der Waals surface area contributed by atoms with Crippen LogP contribution in [0.25, 0.3) is 0 Å². The Kier molecular flexibility index (Phi) is 8.79. The lowest BCUT2D eigenvalue weighted by molar-refractivity contribution is 0.0576. The van der Waals surface area contributed by atoms with Crippen molar-refractivity contribution in [3.8, 4) is 0 Å². The first-order valence-electron chi connectivity index (χ1n) is 14.7. The van der Waals surface area contributed by atoms with E-state index in [-0.39, 0.29) is 17.1 Å². The average Bonchev–Trinajstić information content (AvgIpc) is 3.42. The van der Waals surface area contributed by atoms with E-state index in [4.69, 9.17) is 15.2 Å². The minimum Gasteiger partial charge on any atom is -0.383 e. The number of benzene rings is 1. The van der Waals surface area contributed by atoms with Crippen LogP contribution >= 0.6 is 0 Å². The Morgan fingerprint density at radius 2 is 1.91 bits per heavy atom. The van der Waals surface area contributed by atoms with E-state index in [1.807, 2.05) is 33.8 Å². The van der Waals surface area contributed by atoms with Gasteiger partial charge in [-0.15, -0.1) is 0 Å². The van der Waals surface area contributed by atoms with Crippen molar-refractivity contribution in [3.63, 3.8) is 0 Å². The number of carbonyl (C=O) groups excluding carboxylic acids is 1. The summed E-state index contributed by atoms with van der Waals surface area (Å²) in [6.07, 6.45) is 5.18. The molecule has 1 saturated carbocycles. The molecule has 5 N–H and O–H groups in total. The van der Waals surface area contributed by atoms with Crippen LogP contribution in [0.2, 0.25) is 0 Å². The summed E-state index contributed by atoms with van der Waals surface area (Å²) in [6, 6.07) is 7.96. The zero-order chi connectivity index (χ0) is 30.7. The molecule has 12 heteroatoms. The number of rotatable bonds is 7. The summed E-state index contributed by atoms with van der Waals surface area (Å²) in [5.74, 6) is 1.50. The second kappa shape index (κ2) is 12.5. The van der Waals surface area contributed by atoms with Crippen molar-refractivity contribution in [1.29, 1.82) is 0 Å². The van der Waals surface area contributed by atoms with Crippen LogP contribution in [0.1, 0.15) is 55.3 Å². The topological polar surface area (TPSA) is 149 Å². The Labute approximate surface area is 252 Å². The zero-order valence-corrected chi connectivity index (χ0v) is 25.6. The smallest absolute Gasteiger partial charge is 0.256 e. The van der Waals surface area contributed by atoms with Crippen molar-refractivity contribution in [2.45, 2.75) is 58.0 Å². The van der Waals surface area contributed by atoms with Crippen LogP contribution in [0.4, 0.5) is 11.5 Å². The molecular formula is C31H42N10O2. The summed E-state index contributed by atoms with van der Waals surface area (Å²) < 4.78 is 5.39. The van der Waals surface area contributed by atoms with Crippen molar-refractivity contribution in [2.24, 2.45) is 20.7 Å². The number of nitrogens with two attached hydrogens (primary N) is 1. The fourth-order valence-electron chi connectivity index (χ4n) is 5.19. The van der Waals surface area contributed by atoms with Gasteiger partial charge in [-0.3, -0.25) is 14.7 Å². The summed E-state index contributed by atoms with van der Waals surface area (Å²) in [7, 11) is 2.18. The maximum absolute atomic E-state index is 13.0. The fraction of sp³-hybridized carbons (Fsp3) is 0.452. The second-order valence-electron chi connectivity index (χ2n) is 12.4. The van der Waals surface area contributed by atoms with E-state index in [1.165, 1.54) is 6.20 Å². The van der Waals surface area contributed by atoms with Gasteiger partial charge in [0, 0.05) is 67.2 Å². The quantitative estimate of drug-likeness (QED) is 0.386. The highest BCUT2D eigenvalue weighted by molar-refractivity contribution is 6.41. The largest absolute Gasteiger partial charge is 0.383 e. The third-order valence-electron chi connectivity index (χ3n) is 8.02. The van der Waals surface area contributed by atoms with Gasteiger partial charge < -0.3 is 31.1 Å². The molecule has 0 atom stereocenters. The summed E-state index contributed by atoms with van der Waals surface area (Å²) in [5.41, 5.74) is 9.26. The van der Waals surface area contributed by atoms with Gasteiger partial charge in [-0.2, -0.15) is 0 Å². The van der Waals surface area contributed by atoms with Crippen molar-refractivity contribution >= 4 is 35.3 Å². The number of anilines is 2. The molecule has 0 bridgehead atoms. The number of piperazine rings is 1. The van der Waals surface area contributed by atoms with E-state index in [2.05, 4.69) is 54.5 Å². The van der Waals surface area contributed by atoms with Crippen LogP contribution < -0.4 is 21.7 Å². The van der Waals surface area contributed by atoms with Crippen molar-refractivity contribution in [2.75, 3.05) is 43.9 Å². The lowest BCUT2D eigenvalue weighted by Crippen LogP contribution is -2.58. The Balaban J connectivity index is 1.28. The molecule has 12 nitrogen and oxygen atoms in total. The molecule has 1 amide bonds. The van der Waals surface area contributed by atoms with Crippen molar-refractivity contribution in [3.05, 3.63) is 65.4 Å². The van der Waals surface area contributed by atoms with E-state index in [9.17, 15) is 4.79 Å². The van der Waals surface area contributed by atoms with E-state index < -0.39 is 0 Å². The first-order chi connectivity index (χ1) is 20.5. The van der Waals surface area contributed by atoms with Gasteiger partial charge in [0.25, 0.3) is 5.91 Å². The molecule has 0 unspecified atom stereocenters. The van der Waals surface area contributed by atoms with Gasteiger partial charge in [0.2, 0.25) is 5.96 Å². The van der Waals surface area contributed by atoms with E-state index in [0.29, 0.717) is 52.3 Å². The third kappa shape index (κ3) is 7.20. The maximum atomic E-state index is 13.0. The molecule has 0 spiro atoms. The number of amides is 1. The number of hydrogen-bond acceptors (Lipinski definition) is 11. The highest BCUT2D eigenvalue weighted by Crippen LogP contribution is 2.28. The van der Waals surface area contributed by atoms with Gasteiger partial charge in [-0.1, -0.05) is 38.6 Å². The summed E-state index contributed by atoms with van der Waals surface area (Å²) >= 11 is 0. The fourth-order valence-corrected chi connectivity index (χ4v) is 5.19. The molecule has 1 aromatic heterocycles. The van der Waals surface area contributed by atoms with Gasteiger partial charge in [0.15, 0.2) is 5.82 Å². The standard InChI is InChI=1S/C31H42N10O2/c1-7-33-24-18-34-30(35-21-15-22(16-21)41-12-10-40(6)11-13-41)38-27(24)28(32)36-23-14-20(9-8-19(23)2)29(42)37-26-17-25(43-39-26)31(3,4)5/h7-9,14,17-18,21-22,36H,1,10-13,15-16,32H2,2-6H3,(H,35,38)(H,37,39,42)/b28-27-,33-24-. The maximum Gasteiger partial charge on any atom is 0.256 e. The monoisotopic (exact) mass is 586 g/mol. The Morgan fingerprint density at radius 1 is 1.16 bits per heavy atom. The SMILES string of the molecule is C=C/N=C1/C=NC(NC2CC(N3CCN(C)CC3)C2)=N/C1=C(/N)Nc1cc(C(=O)Nc2cc(C(C)(C)C)on2)ccc1C. The number of guanidine groups is 1. The molecule has 43 heavy (non-hydrogen) atoms. The number of nitrogens with zero attached hydrogens (tertiary/aromatic N) is 6. The average molecular weight is 587 g/mol. The predicted octanol–water partition coefficient (Wildman–Crippen LogP) is 3.47. The highest BCUT2D eigenvalue weighted by Gasteiger charge is 2.35. The molecule has 1 aliphatic carbocycles. The van der Waals surface area contributed by atoms with Crippen LogP contribution in [0.3, 0.4) is 0 Å². The second-order valence-corrected chi connectivity index (χ2v) is 12.4. The molecule has 3 heterocycles. The Bertz CT molecular complexity index is 1480. The number of hydrogen-bond donors (Lipinski definition) is 4. The highest BCUT2D eigenvalue weighted by atomic mass is 16.5. The van der Waals surface area contributed by atoms with Gasteiger partial charge >= 0.3 is 0 Å². The Hall–Kier alpha value is -4.29. The molecule has 2 aromatic rings. The minimum atomic E-state index is -0.318. The number of allylic oxidation sites excluding steroid dienone is 1. The number of aliphatic imine (C=N–C) groups is 3. The van der Waals surface area contributed by atoms with Crippen LogP contribution in [-0.4, -0.2) is 84.1 Å². The molecule has 228 valence electrons. The van der Waals surface area contributed by atoms with E-state index in [0.717, 1.165) is 44.6 Å². The zero-order valence-electron chi connectivity index (χ0n) is 25.6. The number of likely N-dealkylation sites (N-methyl/N-ethyl adjacent to an activating group) is 1. The predicted molar refractivity (Wildman–Crippen MR) is 172 cm³/mol. The lowest BCUT2D eigenvalue weighted by atomic mass is 9.85.